The quantitative estimate of drug-likeness (QED) is 0.823. The number of ether oxygens (including phenoxy) is 1. The molecule has 0 atom stereocenters. The number of carbonyl (C=O) groups is 2. The van der Waals surface area contributed by atoms with Crippen LogP contribution in [-0.4, -0.2) is 34.8 Å². The molecule has 1 heterocycles. The molecule has 2 rings (SSSR count). The zero-order chi connectivity index (χ0) is 15.2. The summed E-state index contributed by atoms with van der Waals surface area (Å²) in [5.41, 5.74) is 0.647. The van der Waals surface area contributed by atoms with Gasteiger partial charge in [-0.25, -0.2) is 0 Å². The number of carbonyl (C=O) groups excluding carboxylic acids is 2. The summed E-state index contributed by atoms with van der Waals surface area (Å²) < 4.78 is 5.65. The number of thioether (sulfide) groups is 1. The van der Waals surface area contributed by atoms with Gasteiger partial charge in [-0.3, -0.25) is 9.59 Å². The van der Waals surface area contributed by atoms with Gasteiger partial charge in [0.15, 0.2) is 4.34 Å². The molecule has 1 aromatic heterocycles. The molecule has 0 aliphatic heterocycles. The van der Waals surface area contributed by atoms with E-state index in [1.54, 1.807) is 31.4 Å². The molecular formula is C13H13N3O3S2. The van der Waals surface area contributed by atoms with E-state index < -0.39 is 0 Å². The molecule has 21 heavy (non-hydrogen) atoms. The Hall–Kier alpha value is -1.93. The molecule has 1 N–H and O–H groups in total. The number of anilines is 1. The molecule has 110 valence electrons. The molecule has 6 nitrogen and oxygen atoms in total. The molecule has 0 aliphatic rings. The Balaban J connectivity index is 1.97. The van der Waals surface area contributed by atoms with E-state index in [0.29, 0.717) is 21.5 Å². The van der Waals surface area contributed by atoms with Crippen LogP contribution in [-0.2, 0) is 4.79 Å². The van der Waals surface area contributed by atoms with Crippen LogP contribution in [0.3, 0.4) is 0 Å². The molecule has 0 saturated heterocycles. The third-order valence-corrected chi connectivity index (χ3v) is 4.55. The Morgan fingerprint density at radius 2 is 2.00 bits per heavy atom. The van der Waals surface area contributed by atoms with Gasteiger partial charge in [-0.1, -0.05) is 23.1 Å². The Morgan fingerprint density at radius 3 is 2.62 bits per heavy atom. The number of Topliss-reactive ketones (excluding diaryl/α,β-unsaturated/α-hetero) is 1. The molecule has 1 aromatic carbocycles. The first-order valence-electron chi connectivity index (χ1n) is 5.99. The van der Waals surface area contributed by atoms with Gasteiger partial charge in [-0.05, 0) is 31.2 Å². The van der Waals surface area contributed by atoms with Crippen LogP contribution in [0.1, 0.15) is 16.7 Å². The summed E-state index contributed by atoms with van der Waals surface area (Å²) in [6.07, 6.45) is 0. The van der Waals surface area contributed by atoms with Crippen LogP contribution in [0.4, 0.5) is 5.69 Å². The lowest BCUT2D eigenvalue weighted by Crippen LogP contribution is -2.11. The molecule has 0 radical (unpaired) electrons. The second-order valence-corrected chi connectivity index (χ2v) is 6.25. The van der Waals surface area contributed by atoms with Crippen LogP contribution in [0.5, 0.6) is 5.75 Å². The largest absolute Gasteiger partial charge is 0.497 e. The van der Waals surface area contributed by atoms with Crippen LogP contribution in [0.25, 0.3) is 0 Å². The smallest absolute Gasteiger partial charge is 0.286 e. The summed E-state index contributed by atoms with van der Waals surface area (Å²) >= 11 is 2.44. The van der Waals surface area contributed by atoms with Crippen molar-refractivity contribution in [2.24, 2.45) is 0 Å². The maximum Gasteiger partial charge on any atom is 0.286 e. The maximum absolute atomic E-state index is 12.0. The second-order valence-electron chi connectivity index (χ2n) is 4.05. The van der Waals surface area contributed by atoms with Gasteiger partial charge in [0.2, 0.25) is 5.01 Å². The van der Waals surface area contributed by atoms with E-state index in [-0.39, 0.29) is 16.7 Å². The number of hydrogen-bond donors (Lipinski definition) is 1. The molecule has 0 spiro atoms. The number of hydrogen-bond acceptors (Lipinski definition) is 7. The molecule has 0 saturated carbocycles. The molecular weight excluding hydrogens is 310 g/mol. The average Bonchev–Trinajstić information content (AvgIpc) is 2.95. The number of ketones is 1. The van der Waals surface area contributed by atoms with Gasteiger partial charge < -0.3 is 10.1 Å². The normalized spacial score (nSPS) is 10.2. The fourth-order valence-electron chi connectivity index (χ4n) is 1.38. The number of rotatable bonds is 6. The minimum absolute atomic E-state index is 0.0550. The molecule has 0 unspecified atom stereocenters. The van der Waals surface area contributed by atoms with E-state index in [2.05, 4.69) is 15.5 Å². The lowest BCUT2D eigenvalue weighted by atomic mass is 10.3. The topological polar surface area (TPSA) is 81.2 Å². The monoisotopic (exact) mass is 323 g/mol. The van der Waals surface area contributed by atoms with Crippen molar-refractivity contribution < 1.29 is 14.3 Å². The number of amides is 1. The first-order chi connectivity index (χ1) is 10.1. The highest BCUT2D eigenvalue weighted by molar-refractivity contribution is 8.01. The average molecular weight is 323 g/mol. The van der Waals surface area contributed by atoms with Crippen LogP contribution < -0.4 is 10.1 Å². The highest BCUT2D eigenvalue weighted by Crippen LogP contribution is 2.23. The highest BCUT2D eigenvalue weighted by Gasteiger charge is 2.13. The first kappa shape index (κ1) is 15.5. The molecule has 0 bridgehead atoms. The molecule has 2 aromatic rings. The third kappa shape index (κ3) is 4.54. The predicted molar refractivity (Wildman–Crippen MR) is 82.3 cm³/mol. The van der Waals surface area contributed by atoms with Gasteiger partial charge >= 0.3 is 0 Å². The van der Waals surface area contributed by atoms with E-state index in [9.17, 15) is 9.59 Å². The third-order valence-electron chi connectivity index (χ3n) is 2.35. The van der Waals surface area contributed by atoms with Crippen molar-refractivity contribution in [1.29, 1.82) is 0 Å². The number of methoxy groups -OCH3 is 1. The Kier molecular flexibility index (Phi) is 5.29. The van der Waals surface area contributed by atoms with Gasteiger partial charge in [0, 0.05) is 5.69 Å². The van der Waals surface area contributed by atoms with Crippen molar-refractivity contribution in [1.82, 2.24) is 10.2 Å². The molecule has 0 aliphatic carbocycles. The standard InChI is InChI=1S/C13H13N3O3S2/c1-8(17)7-20-13-16-15-12(21-13)11(18)14-9-3-5-10(19-2)6-4-9/h3-6H,7H2,1-2H3,(H,14,18). The fraction of sp³-hybridized carbons (Fsp3) is 0.231. The van der Waals surface area contributed by atoms with Crippen LogP contribution in [0.15, 0.2) is 28.6 Å². The van der Waals surface area contributed by atoms with Gasteiger partial charge in [-0.2, -0.15) is 0 Å². The number of nitrogens with one attached hydrogen (secondary N) is 1. The Morgan fingerprint density at radius 1 is 1.29 bits per heavy atom. The Bertz CT molecular complexity index is 640. The summed E-state index contributed by atoms with van der Waals surface area (Å²) in [5.74, 6) is 0.771. The summed E-state index contributed by atoms with van der Waals surface area (Å²) in [6.45, 7) is 1.51. The van der Waals surface area contributed by atoms with Gasteiger partial charge in [0.25, 0.3) is 5.91 Å². The van der Waals surface area contributed by atoms with Crippen molar-refractivity contribution in [2.75, 3.05) is 18.2 Å². The zero-order valence-corrected chi connectivity index (χ0v) is 13.1. The van der Waals surface area contributed by atoms with Crippen molar-refractivity contribution >= 4 is 40.5 Å². The van der Waals surface area contributed by atoms with Crippen molar-refractivity contribution in [3.8, 4) is 5.75 Å². The van der Waals surface area contributed by atoms with Crippen molar-refractivity contribution in [3.05, 3.63) is 29.3 Å². The summed E-state index contributed by atoms with van der Waals surface area (Å²) in [6, 6.07) is 6.99. The van der Waals surface area contributed by atoms with Gasteiger partial charge in [0.1, 0.15) is 11.5 Å². The number of aromatic nitrogens is 2. The maximum atomic E-state index is 12.0. The number of benzene rings is 1. The van der Waals surface area contributed by atoms with Crippen LogP contribution >= 0.6 is 23.1 Å². The fourth-order valence-corrected chi connectivity index (χ4v) is 2.93. The minimum atomic E-state index is -0.327. The molecule has 8 heteroatoms. The predicted octanol–water partition coefficient (Wildman–Crippen LogP) is 2.48. The molecule has 0 fully saturated rings. The minimum Gasteiger partial charge on any atom is -0.497 e. The lowest BCUT2D eigenvalue weighted by molar-refractivity contribution is -0.114. The first-order valence-corrected chi connectivity index (χ1v) is 7.80. The zero-order valence-electron chi connectivity index (χ0n) is 11.5. The Labute approximate surface area is 129 Å². The van der Waals surface area contributed by atoms with E-state index in [4.69, 9.17) is 4.74 Å². The second kappa shape index (κ2) is 7.19. The summed E-state index contributed by atoms with van der Waals surface area (Å²) in [7, 11) is 1.58. The van der Waals surface area contributed by atoms with Crippen LogP contribution in [0.2, 0.25) is 0 Å². The van der Waals surface area contributed by atoms with Crippen LogP contribution in [0, 0.1) is 0 Å². The SMILES string of the molecule is COc1ccc(NC(=O)c2nnc(SCC(C)=O)s2)cc1. The summed E-state index contributed by atoms with van der Waals surface area (Å²) in [4.78, 5) is 22.9. The van der Waals surface area contributed by atoms with E-state index in [0.717, 1.165) is 11.3 Å². The van der Waals surface area contributed by atoms with E-state index >= 15 is 0 Å². The van der Waals surface area contributed by atoms with E-state index in [1.807, 2.05) is 0 Å². The van der Waals surface area contributed by atoms with Gasteiger partial charge in [-0.15, -0.1) is 10.2 Å². The van der Waals surface area contributed by atoms with Gasteiger partial charge in [0.05, 0.1) is 12.9 Å². The molecule has 1 amide bonds. The van der Waals surface area contributed by atoms with Crippen molar-refractivity contribution in [2.45, 2.75) is 11.3 Å². The van der Waals surface area contributed by atoms with E-state index in [1.165, 1.54) is 18.7 Å². The highest BCUT2D eigenvalue weighted by atomic mass is 32.2. The summed E-state index contributed by atoms with van der Waals surface area (Å²) in [5, 5.41) is 10.7. The van der Waals surface area contributed by atoms with Crippen molar-refractivity contribution in [3.63, 3.8) is 0 Å². The number of nitrogens with zero attached hydrogens (tertiary/aromatic N) is 2. The lowest BCUT2D eigenvalue weighted by Gasteiger charge is -2.03.